The first-order valence-corrected chi connectivity index (χ1v) is 5.05. The fraction of sp³-hybridized carbons (Fsp3) is 0.364. The zero-order chi connectivity index (χ0) is 12.9. The predicted octanol–water partition coefficient (Wildman–Crippen LogP) is 2.18. The van der Waals surface area contributed by atoms with E-state index in [-0.39, 0.29) is 6.03 Å². The van der Waals surface area contributed by atoms with E-state index in [1.165, 1.54) is 19.2 Å². The second-order valence-corrected chi connectivity index (χ2v) is 3.45. The molecule has 17 heavy (non-hydrogen) atoms. The molecule has 0 atom stereocenters. The molecule has 6 heteroatoms. The molecule has 0 bridgehead atoms. The van der Waals surface area contributed by atoms with E-state index in [9.17, 15) is 18.0 Å². The Kier molecular flexibility index (Phi) is 4.37. The molecule has 0 aliphatic carbocycles. The molecule has 0 aromatic heterocycles. The van der Waals surface area contributed by atoms with Gasteiger partial charge in [0.2, 0.25) is 0 Å². The normalized spacial score (nSPS) is 11.1. The number of halogens is 3. The van der Waals surface area contributed by atoms with Crippen molar-refractivity contribution in [2.75, 3.05) is 13.6 Å². The molecule has 0 spiro atoms. The van der Waals surface area contributed by atoms with Crippen LogP contribution in [0.3, 0.4) is 0 Å². The number of carbonyl (C=O) groups excluding carboxylic acids is 1. The summed E-state index contributed by atoms with van der Waals surface area (Å²) in [6, 6.07) is 4.59. The van der Waals surface area contributed by atoms with Crippen LogP contribution in [0.25, 0.3) is 0 Å². The lowest BCUT2D eigenvalue weighted by Crippen LogP contribution is -2.33. The molecular formula is C11H13F3N2O. The highest BCUT2D eigenvalue weighted by molar-refractivity contribution is 5.73. The standard InChI is InChI=1S/C11H13F3N2O/c1-15-10(17)16-7-6-8-2-4-9(5-3-8)11(12,13)14/h2-5H,6-7H2,1H3,(H2,15,16,17). The lowest BCUT2D eigenvalue weighted by Gasteiger charge is -2.08. The maximum atomic E-state index is 12.3. The summed E-state index contributed by atoms with van der Waals surface area (Å²) in [5.41, 5.74) is 0.0786. The molecule has 3 nitrogen and oxygen atoms in total. The van der Waals surface area contributed by atoms with Gasteiger partial charge in [0.1, 0.15) is 0 Å². The Morgan fingerprint density at radius 1 is 1.24 bits per heavy atom. The van der Waals surface area contributed by atoms with Gasteiger partial charge in [-0.25, -0.2) is 4.79 Å². The van der Waals surface area contributed by atoms with Gasteiger partial charge in [-0.05, 0) is 24.1 Å². The van der Waals surface area contributed by atoms with Gasteiger partial charge in [-0.2, -0.15) is 13.2 Å². The number of amides is 2. The summed E-state index contributed by atoms with van der Waals surface area (Å²) in [5, 5.41) is 4.93. The molecule has 0 aliphatic heterocycles. The molecule has 0 aliphatic rings. The molecule has 1 aromatic carbocycles. The van der Waals surface area contributed by atoms with Crippen molar-refractivity contribution in [2.45, 2.75) is 12.6 Å². The lowest BCUT2D eigenvalue weighted by atomic mass is 10.1. The molecule has 0 unspecified atom stereocenters. The highest BCUT2D eigenvalue weighted by atomic mass is 19.4. The average molecular weight is 246 g/mol. The van der Waals surface area contributed by atoms with Crippen LogP contribution in [0.4, 0.5) is 18.0 Å². The van der Waals surface area contributed by atoms with Crippen LogP contribution < -0.4 is 10.6 Å². The van der Waals surface area contributed by atoms with Gasteiger partial charge in [0.15, 0.2) is 0 Å². The summed E-state index contributed by atoms with van der Waals surface area (Å²) < 4.78 is 36.8. The average Bonchev–Trinajstić information content (AvgIpc) is 2.28. The molecular weight excluding hydrogens is 233 g/mol. The van der Waals surface area contributed by atoms with Crippen molar-refractivity contribution in [3.05, 3.63) is 35.4 Å². The van der Waals surface area contributed by atoms with E-state index in [1.807, 2.05) is 0 Å². The number of nitrogens with one attached hydrogen (secondary N) is 2. The van der Waals surface area contributed by atoms with E-state index in [0.29, 0.717) is 13.0 Å². The number of benzene rings is 1. The van der Waals surface area contributed by atoms with Crippen molar-refractivity contribution in [1.29, 1.82) is 0 Å². The highest BCUT2D eigenvalue weighted by Crippen LogP contribution is 2.29. The summed E-state index contributed by atoms with van der Waals surface area (Å²) in [4.78, 5) is 10.8. The summed E-state index contributed by atoms with van der Waals surface area (Å²) >= 11 is 0. The van der Waals surface area contributed by atoms with Crippen molar-refractivity contribution < 1.29 is 18.0 Å². The minimum atomic E-state index is -4.31. The van der Waals surface area contributed by atoms with Crippen molar-refractivity contribution in [3.8, 4) is 0 Å². The van der Waals surface area contributed by atoms with E-state index < -0.39 is 11.7 Å². The molecule has 2 amide bonds. The fourth-order valence-electron chi connectivity index (χ4n) is 1.27. The van der Waals surface area contributed by atoms with E-state index >= 15 is 0 Å². The maximum Gasteiger partial charge on any atom is 0.416 e. The van der Waals surface area contributed by atoms with Gasteiger partial charge in [0.25, 0.3) is 0 Å². The van der Waals surface area contributed by atoms with Gasteiger partial charge in [0, 0.05) is 13.6 Å². The van der Waals surface area contributed by atoms with E-state index in [0.717, 1.165) is 17.7 Å². The Balaban J connectivity index is 2.49. The van der Waals surface area contributed by atoms with E-state index in [4.69, 9.17) is 0 Å². The zero-order valence-electron chi connectivity index (χ0n) is 9.27. The van der Waals surface area contributed by atoms with Crippen LogP contribution in [0.15, 0.2) is 24.3 Å². The Morgan fingerprint density at radius 2 is 1.82 bits per heavy atom. The number of hydrogen-bond donors (Lipinski definition) is 2. The molecule has 1 rings (SSSR count). The molecule has 0 saturated heterocycles. The molecule has 0 radical (unpaired) electrons. The lowest BCUT2D eigenvalue weighted by molar-refractivity contribution is -0.137. The first kappa shape index (κ1) is 13.3. The summed E-state index contributed by atoms with van der Waals surface area (Å²) in [6.45, 7) is 0.380. The van der Waals surface area contributed by atoms with Gasteiger partial charge in [-0.1, -0.05) is 12.1 Å². The van der Waals surface area contributed by atoms with Crippen molar-refractivity contribution in [3.63, 3.8) is 0 Å². The topological polar surface area (TPSA) is 41.1 Å². The van der Waals surface area contributed by atoms with Crippen molar-refractivity contribution in [2.24, 2.45) is 0 Å². The monoisotopic (exact) mass is 246 g/mol. The van der Waals surface area contributed by atoms with Crippen LogP contribution in [0, 0.1) is 0 Å². The Labute approximate surface area is 97.0 Å². The number of urea groups is 1. The third-order valence-corrected chi connectivity index (χ3v) is 2.21. The second kappa shape index (κ2) is 5.56. The third kappa shape index (κ3) is 4.34. The number of carbonyl (C=O) groups is 1. The smallest absolute Gasteiger partial charge is 0.341 e. The Hall–Kier alpha value is -1.72. The van der Waals surface area contributed by atoms with Crippen LogP contribution in [0.2, 0.25) is 0 Å². The van der Waals surface area contributed by atoms with Gasteiger partial charge in [0.05, 0.1) is 5.56 Å². The Morgan fingerprint density at radius 3 is 2.29 bits per heavy atom. The first-order valence-electron chi connectivity index (χ1n) is 5.05. The molecule has 0 saturated carbocycles. The molecule has 0 fully saturated rings. The van der Waals surface area contributed by atoms with E-state index in [2.05, 4.69) is 10.6 Å². The number of rotatable bonds is 3. The SMILES string of the molecule is CNC(=O)NCCc1ccc(C(F)(F)F)cc1. The van der Waals surface area contributed by atoms with Gasteiger partial charge in [-0.3, -0.25) is 0 Å². The molecule has 2 N–H and O–H groups in total. The summed E-state index contributed by atoms with van der Waals surface area (Å²) in [6.07, 6.45) is -3.82. The number of hydrogen-bond acceptors (Lipinski definition) is 1. The summed E-state index contributed by atoms with van der Waals surface area (Å²) in [7, 11) is 1.49. The van der Waals surface area contributed by atoms with Crippen LogP contribution in [0.5, 0.6) is 0 Å². The summed E-state index contributed by atoms with van der Waals surface area (Å²) in [5.74, 6) is 0. The second-order valence-electron chi connectivity index (χ2n) is 3.45. The van der Waals surface area contributed by atoms with Gasteiger partial charge < -0.3 is 10.6 Å². The molecule has 0 heterocycles. The quantitative estimate of drug-likeness (QED) is 0.843. The third-order valence-electron chi connectivity index (χ3n) is 2.21. The Bertz CT molecular complexity index is 373. The van der Waals surface area contributed by atoms with Gasteiger partial charge in [-0.15, -0.1) is 0 Å². The van der Waals surface area contributed by atoms with Crippen LogP contribution in [-0.4, -0.2) is 19.6 Å². The highest BCUT2D eigenvalue weighted by Gasteiger charge is 2.29. The first-order chi connectivity index (χ1) is 7.93. The predicted molar refractivity (Wildman–Crippen MR) is 57.6 cm³/mol. The van der Waals surface area contributed by atoms with Crippen LogP contribution in [-0.2, 0) is 12.6 Å². The largest absolute Gasteiger partial charge is 0.416 e. The van der Waals surface area contributed by atoms with Crippen LogP contribution in [0.1, 0.15) is 11.1 Å². The van der Waals surface area contributed by atoms with Crippen molar-refractivity contribution in [1.82, 2.24) is 10.6 Å². The van der Waals surface area contributed by atoms with Crippen molar-refractivity contribution >= 4 is 6.03 Å². The molecule has 1 aromatic rings. The van der Waals surface area contributed by atoms with Gasteiger partial charge >= 0.3 is 12.2 Å². The number of alkyl halides is 3. The maximum absolute atomic E-state index is 12.3. The van der Waals surface area contributed by atoms with Crippen LogP contribution >= 0.6 is 0 Å². The fourth-order valence-corrected chi connectivity index (χ4v) is 1.27. The minimum Gasteiger partial charge on any atom is -0.341 e. The van der Waals surface area contributed by atoms with E-state index in [1.54, 1.807) is 0 Å². The molecule has 94 valence electrons. The minimum absolute atomic E-state index is 0.308. The zero-order valence-corrected chi connectivity index (χ0v) is 9.27.